The van der Waals surface area contributed by atoms with Crippen LogP contribution in [-0.2, 0) is 14.3 Å². The third kappa shape index (κ3) is 5.34. The molecular formula is C24H22FN5O7S. The minimum Gasteiger partial charge on any atom is -0.465 e. The van der Waals surface area contributed by atoms with E-state index in [1.54, 1.807) is 13.0 Å². The van der Waals surface area contributed by atoms with E-state index >= 15 is 0 Å². The second-order valence-electron chi connectivity index (χ2n) is 7.83. The van der Waals surface area contributed by atoms with Crippen LogP contribution in [0, 0.1) is 5.82 Å². The van der Waals surface area contributed by atoms with Crippen LogP contribution in [0.4, 0.5) is 15.8 Å². The van der Waals surface area contributed by atoms with E-state index in [0.29, 0.717) is 23.0 Å². The molecule has 14 heteroatoms. The molecular weight excluding hydrogens is 521 g/mol. The van der Waals surface area contributed by atoms with Crippen molar-refractivity contribution < 1.29 is 37.8 Å². The Morgan fingerprint density at radius 2 is 1.87 bits per heavy atom. The third-order valence-corrected chi connectivity index (χ3v) is 6.26. The molecule has 0 saturated carbocycles. The molecule has 5 N–H and O–H groups in total. The molecule has 198 valence electrons. The maximum absolute atomic E-state index is 14.0. The topological polar surface area (TPSA) is 176 Å². The van der Waals surface area contributed by atoms with E-state index in [0.717, 1.165) is 17.0 Å². The van der Waals surface area contributed by atoms with Gasteiger partial charge in [-0.05, 0) is 48.3 Å². The maximum atomic E-state index is 14.0. The van der Waals surface area contributed by atoms with Crippen LogP contribution in [0.25, 0.3) is 0 Å². The van der Waals surface area contributed by atoms with Gasteiger partial charge in [-0.25, -0.2) is 4.39 Å². The normalized spacial score (nSPS) is 12.5. The van der Waals surface area contributed by atoms with Gasteiger partial charge in [0, 0.05) is 11.8 Å². The van der Waals surface area contributed by atoms with Crippen molar-refractivity contribution in [3.05, 3.63) is 64.4 Å². The number of aromatic nitrogens is 1. The average Bonchev–Trinajstić information content (AvgIpc) is 3.52. The molecule has 1 aliphatic heterocycles. The standard InChI is InChI=1S/C24H22FN5O7S/c1-2-35-17(31)10-28-23(33)20(12-3-5-13(25)6-4-12)30(14-7-8-15-16(9-14)37-11-36-15)24(34)21-18(26)19(22(27)32)29-38-21/h3-9,20H,2,10-11,26H2,1H3,(H2,27,32)(H,28,33). The van der Waals surface area contributed by atoms with Crippen molar-refractivity contribution in [2.24, 2.45) is 5.73 Å². The molecule has 0 radical (unpaired) electrons. The van der Waals surface area contributed by atoms with E-state index in [-0.39, 0.29) is 40.9 Å². The molecule has 2 heterocycles. The first kappa shape index (κ1) is 26.3. The Morgan fingerprint density at radius 3 is 2.53 bits per heavy atom. The number of nitrogens with zero attached hydrogens (tertiary/aromatic N) is 2. The second-order valence-corrected chi connectivity index (χ2v) is 8.60. The number of carbonyl (C=O) groups excluding carboxylic acids is 4. The van der Waals surface area contributed by atoms with Gasteiger partial charge in [-0.2, -0.15) is 4.37 Å². The zero-order chi connectivity index (χ0) is 27.4. The summed E-state index contributed by atoms with van der Waals surface area (Å²) >= 11 is 0.624. The Hall–Kier alpha value is -4.72. The highest BCUT2D eigenvalue weighted by Crippen LogP contribution is 2.39. The van der Waals surface area contributed by atoms with Gasteiger partial charge in [0.25, 0.3) is 11.8 Å². The molecule has 1 atom stereocenters. The molecule has 0 bridgehead atoms. The number of primary amides is 1. The Balaban J connectivity index is 1.84. The zero-order valence-corrected chi connectivity index (χ0v) is 20.7. The Bertz CT molecular complexity index is 1400. The minimum atomic E-state index is -1.43. The number of nitrogen functional groups attached to an aromatic ring is 1. The lowest BCUT2D eigenvalue weighted by Crippen LogP contribution is -2.45. The van der Waals surface area contributed by atoms with Gasteiger partial charge < -0.3 is 31.0 Å². The lowest BCUT2D eigenvalue weighted by Gasteiger charge is -2.31. The summed E-state index contributed by atoms with van der Waals surface area (Å²) in [4.78, 5) is 52.1. The molecule has 1 aliphatic rings. The molecule has 3 aromatic rings. The number of hydrogen-bond donors (Lipinski definition) is 3. The molecule has 3 amide bonds. The summed E-state index contributed by atoms with van der Waals surface area (Å²) in [6.45, 7) is 1.19. The number of amides is 3. The van der Waals surface area contributed by atoms with Crippen LogP contribution in [0.1, 0.15) is 38.7 Å². The predicted molar refractivity (Wildman–Crippen MR) is 133 cm³/mol. The average molecular weight is 544 g/mol. The number of anilines is 2. The van der Waals surface area contributed by atoms with E-state index in [9.17, 15) is 23.6 Å². The molecule has 0 saturated heterocycles. The summed E-state index contributed by atoms with van der Waals surface area (Å²) in [5, 5.41) is 2.45. The molecule has 38 heavy (non-hydrogen) atoms. The van der Waals surface area contributed by atoms with Gasteiger partial charge in [0.15, 0.2) is 17.2 Å². The van der Waals surface area contributed by atoms with Crippen LogP contribution >= 0.6 is 11.5 Å². The van der Waals surface area contributed by atoms with Crippen molar-refractivity contribution in [1.82, 2.24) is 9.69 Å². The number of nitrogens with one attached hydrogen (secondary N) is 1. The van der Waals surface area contributed by atoms with Gasteiger partial charge in [-0.3, -0.25) is 24.1 Å². The molecule has 0 spiro atoms. The van der Waals surface area contributed by atoms with Crippen molar-refractivity contribution in [2.45, 2.75) is 13.0 Å². The molecule has 2 aromatic carbocycles. The first-order chi connectivity index (χ1) is 18.2. The molecule has 12 nitrogen and oxygen atoms in total. The smallest absolute Gasteiger partial charge is 0.325 e. The number of benzene rings is 2. The van der Waals surface area contributed by atoms with Crippen molar-refractivity contribution in [3.63, 3.8) is 0 Å². The summed E-state index contributed by atoms with van der Waals surface area (Å²) in [5.41, 5.74) is 11.2. The monoisotopic (exact) mass is 543 g/mol. The summed E-state index contributed by atoms with van der Waals surface area (Å²) in [6.07, 6.45) is 0. The van der Waals surface area contributed by atoms with E-state index in [2.05, 4.69) is 9.69 Å². The highest BCUT2D eigenvalue weighted by molar-refractivity contribution is 7.09. The summed E-state index contributed by atoms with van der Waals surface area (Å²) < 4.78 is 33.3. The first-order valence-corrected chi connectivity index (χ1v) is 12.0. The number of nitrogens with two attached hydrogens (primary N) is 2. The van der Waals surface area contributed by atoms with E-state index in [1.807, 2.05) is 0 Å². The van der Waals surface area contributed by atoms with Crippen molar-refractivity contribution in [2.75, 3.05) is 30.6 Å². The van der Waals surface area contributed by atoms with Crippen LogP contribution in [0.5, 0.6) is 11.5 Å². The number of esters is 1. The first-order valence-electron chi connectivity index (χ1n) is 11.2. The van der Waals surface area contributed by atoms with Gasteiger partial charge in [-0.1, -0.05) is 12.1 Å². The lowest BCUT2D eigenvalue weighted by atomic mass is 10.0. The molecule has 0 aliphatic carbocycles. The van der Waals surface area contributed by atoms with Crippen LogP contribution < -0.4 is 31.2 Å². The second kappa shape index (κ2) is 11.1. The number of fused-ring (bicyclic) bond motifs is 1. The van der Waals surface area contributed by atoms with Crippen LogP contribution in [0.3, 0.4) is 0 Å². The number of ether oxygens (including phenoxy) is 3. The van der Waals surface area contributed by atoms with E-state index in [1.165, 1.54) is 24.3 Å². The molecule has 1 unspecified atom stereocenters. The number of halogens is 1. The summed E-state index contributed by atoms with van der Waals surface area (Å²) in [5.74, 6) is -3.08. The minimum absolute atomic E-state index is 0.0437. The number of hydrogen-bond acceptors (Lipinski definition) is 10. The molecule has 0 fully saturated rings. The van der Waals surface area contributed by atoms with Gasteiger partial charge in [0.1, 0.15) is 23.3 Å². The van der Waals surface area contributed by atoms with Crippen LogP contribution in [0.2, 0.25) is 0 Å². The Labute approximate surface area is 219 Å². The van der Waals surface area contributed by atoms with E-state index in [4.69, 9.17) is 25.7 Å². The molecule has 4 rings (SSSR count). The Morgan fingerprint density at radius 1 is 1.16 bits per heavy atom. The largest absolute Gasteiger partial charge is 0.465 e. The van der Waals surface area contributed by atoms with Gasteiger partial charge >= 0.3 is 5.97 Å². The highest BCUT2D eigenvalue weighted by Gasteiger charge is 2.37. The fraction of sp³-hybridized carbons (Fsp3) is 0.208. The van der Waals surface area contributed by atoms with Gasteiger partial charge in [0.2, 0.25) is 12.7 Å². The predicted octanol–water partition coefficient (Wildman–Crippen LogP) is 1.76. The fourth-order valence-electron chi connectivity index (χ4n) is 3.69. The van der Waals surface area contributed by atoms with Crippen molar-refractivity contribution >= 4 is 46.6 Å². The van der Waals surface area contributed by atoms with Crippen LogP contribution in [-0.4, -0.2) is 48.0 Å². The summed E-state index contributed by atoms with van der Waals surface area (Å²) in [7, 11) is 0. The van der Waals surface area contributed by atoms with E-state index < -0.39 is 42.1 Å². The fourth-order valence-corrected chi connectivity index (χ4v) is 4.43. The number of carbonyl (C=O) groups is 4. The SMILES string of the molecule is CCOC(=O)CNC(=O)C(c1ccc(F)cc1)N(C(=O)c1snc(C(N)=O)c1N)c1ccc2c(c1)OCO2. The quantitative estimate of drug-likeness (QED) is 0.339. The molecule has 1 aromatic heterocycles. The summed E-state index contributed by atoms with van der Waals surface area (Å²) in [6, 6.07) is 7.97. The van der Waals surface area contributed by atoms with Crippen LogP contribution in [0.15, 0.2) is 42.5 Å². The van der Waals surface area contributed by atoms with Gasteiger partial charge in [-0.15, -0.1) is 0 Å². The Kier molecular flexibility index (Phi) is 7.71. The van der Waals surface area contributed by atoms with Crippen molar-refractivity contribution in [1.29, 1.82) is 0 Å². The zero-order valence-electron chi connectivity index (χ0n) is 19.9. The van der Waals surface area contributed by atoms with Gasteiger partial charge in [0.05, 0.1) is 12.3 Å². The highest BCUT2D eigenvalue weighted by atomic mass is 32.1. The third-order valence-electron chi connectivity index (χ3n) is 5.41. The number of rotatable bonds is 9. The maximum Gasteiger partial charge on any atom is 0.325 e. The lowest BCUT2D eigenvalue weighted by molar-refractivity contribution is -0.143. The van der Waals surface area contributed by atoms with Crippen molar-refractivity contribution in [3.8, 4) is 11.5 Å².